The fourth-order valence-electron chi connectivity index (χ4n) is 6.27. The second-order valence-electron chi connectivity index (χ2n) is 13.0. The van der Waals surface area contributed by atoms with Gasteiger partial charge in [0.2, 0.25) is 0 Å². The largest absolute Gasteiger partial charge is 0.485 e. The van der Waals surface area contributed by atoms with Gasteiger partial charge in [-0.25, -0.2) is 0 Å². The van der Waals surface area contributed by atoms with Gasteiger partial charge in [-0.15, -0.1) is 0 Å². The Morgan fingerprint density at radius 2 is 1.37 bits per heavy atom. The SMILES string of the molecule is CCCCCCCCCCOC(=S)C(N)C1(C)CC(NC(=O)SCCCCCCCCCC)CC(C)(C)C1. The van der Waals surface area contributed by atoms with Gasteiger partial charge in [0.1, 0.15) is 0 Å². The zero-order chi connectivity index (χ0) is 28.3. The third-order valence-electron chi connectivity index (χ3n) is 8.19. The molecule has 1 amide bonds. The second kappa shape index (κ2) is 20.5. The predicted octanol–water partition coefficient (Wildman–Crippen LogP) is 9.97. The highest BCUT2D eigenvalue weighted by Crippen LogP contribution is 2.48. The van der Waals surface area contributed by atoms with Gasteiger partial charge in [-0.05, 0) is 55.2 Å². The predicted molar refractivity (Wildman–Crippen MR) is 172 cm³/mol. The molecule has 0 radical (unpaired) electrons. The van der Waals surface area contributed by atoms with Crippen LogP contribution in [0.3, 0.4) is 0 Å². The van der Waals surface area contributed by atoms with Crippen molar-refractivity contribution in [3.05, 3.63) is 0 Å². The van der Waals surface area contributed by atoms with E-state index < -0.39 is 0 Å². The maximum absolute atomic E-state index is 12.7. The van der Waals surface area contributed by atoms with Gasteiger partial charge in [-0.2, -0.15) is 0 Å². The van der Waals surface area contributed by atoms with Crippen LogP contribution in [-0.2, 0) is 4.74 Å². The van der Waals surface area contributed by atoms with Gasteiger partial charge in [-0.1, -0.05) is 136 Å². The molecule has 3 unspecified atom stereocenters. The van der Waals surface area contributed by atoms with E-state index in [2.05, 4.69) is 39.9 Å². The Morgan fingerprint density at radius 3 is 1.92 bits per heavy atom. The average Bonchev–Trinajstić information content (AvgIpc) is 2.85. The molecule has 4 nitrogen and oxygen atoms in total. The minimum atomic E-state index is -0.296. The highest BCUT2D eigenvalue weighted by Gasteiger charge is 2.46. The summed E-state index contributed by atoms with van der Waals surface area (Å²) < 4.78 is 5.98. The molecule has 1 rings (SSSR count). The fourth-order valence-corrected chi connectivity index (χ4v) is 7.42. The number of thiocarbonyl (C=S) groups is 1. The van der Waals surface area contributed by atoms with Crippen LogP contribution in [0.1, 0.15) is 157 Å². The van der Waals surface area contributed by atoms with Crippen molar-refractivity contribution < 1.29 is 9.53 Å². The molecule has 1 aliphatic carbocycles. The van der Waals surface area contributed by atoms with Gasteiger partial charge in [0, 0.05) is 11.8 Å². The van der Waals surface area contributed by atoms with Crippen LogP contribution in [0.5, 0.6) is 0 Å². The van der Waals surface area contributed by atoms with Gasteiger partial charge in [0.15, 0.2) is 5.05 Å². The molecule has 0 aromatic rings. The number of amides is 1. The van der Waals surface area contributed by atoms with Crippen molar-refractivity contribution in [1.29, 1.82) is 0 Å². The summed E-state index contributed by atoms with van der Waals surface area (Å²) in [6.07, 6.45) is 23.4. The molecule has 3 N–H and O–H groups in total. The highest BCUT2D eigenvalue weighted by molar-refractivity contribution is 8.13. The third-order valence-corrected chi connectivity index (χ3v) is 9.44. The molecule has 1 aliphatic rings. The van der Waals surface area contributed by atoms with Crippen molar-refractivity contribution in [2.24, 2.45) is 16.6 Å². The lowest BCUT2D eigenvalue weighted by Crippen LogP contribution is -2.55. The Labute approximate surface area is 246 Å². The van der Waals surface area contributed by atoms with Gasteiger partial charge < -0.3 is 15.8 Å². The Hall–Kier alpha value is -0.330. The van der Waals surface area contributed by atoms with E-state index in [0.717, 1.165) is 37.9 Å². The third kappa shape index (κ3) is 16.1. The zero-order valence-corrected chi connectivity index (χ0v) is 27.3. The van der Waals surface area contributed by atoms with Crippen molar-refractivity contribution in [1.82, 2.24) is 5.32 Å². The first-order chi connectivity index (χ1) is 18.1. The highest BCUT2D eigenvalue weighted by atomic mass is 32.2. The van der Waals surface area contributed by atoms with E-state index >= 15 is 0 Å². The van der Waals surface area contributed by atoms with Crippen LogP contribution in [0.4, 0.5) is 4.79 Å². The van der Waals surface area contributed by atoms with Crippen LogP contribution in [0.2, 0.25) is 0 Å². The lowest BCUT2D eigenvalue weighted by molar-refractivity contribution is 0.0642. The van der Waals surface area contributed by atoms with E-state index in [1.807, 2.05) is 0 Å². The normalized spacial score (nSPS) is 21.7. The lowest BCUT2D eigenvalue weighted by atomic mass is 9.60. The van der Waals surface area contributed by atoms with Gasteiger partial charge >= 0.3 is 0 Å². The molecule has 3 atom stereocenters. The number of carbonyl (C=O) groups is 1. The molecule has 0 heterocycles. The Morgan fingerprint density at radius 1 is 0.868 bits per heavy atom. The smallest absolute Gasteiger partial charge is 0.279 e. The van der Waals surface area contributed by atoms with Crippen LogP contribution in [0.15, 0.2) is 0 Å². The maximum Gasteiger partial charge on any atom is 0.279 e. The van der Waals surface area contributed by atoms with Crippen molar-refractivity contribution in [2.75, 3.05) is 12.4 Å². The maximum atomic E-state index is 12.7. The monoisotopic (exact) mass is 570 g/mol. The van der Waals surface area contributed by atoms with Crippen LogP contribution in [0, 0.1) is 10.8 Å². The number of hydrogen-bond acceptors (Lipinski definition) is 5. The molecule has 38 heavy (non-hydrogen) atoms. The summed E-state index contributed by atoms with van der Waals surface area (Å²) >= 11 is 7.11. The topological polar surface area (TPSA) is 64.3 Å². The molecular weight excluding hydrogens is 508 g/mol. The van der Waals surface area contributed by atoms with E-state index in [4.69, 9.17) is 22.7 Å². The van der Waals surface area contributed by atoms with Crippen LogP contribution in [0.25, 0.3) is 0 Å². The van der Waals surface area contributed by atoms with Gasteiger partial charge in [0.25, 0.3) is 5.24 Å². The van der Waals surface area contributed by atoms with E-state index in [-0.39, 0.29) is 28.2 Å². The molecule has 0 aromatic carbocycles. The first-order valence-electron chi connectivity index (χ1n) is 16.0. The Kier molecular flexibility index (Phi) is 19.3. The molecule has 0 aromatic heterocycles. The van der Waals surface area contributed by atoms with Crippen molar-refractivity contribution in [2.45, 2.75) is 169 Å². The van der Waals surface area contributed by atoms with E-state index in [1.54, 1.807) is 0 Å². The lowest BCUT2D eigenvalue weighted by Gasteiger charge is -2.49. The zero-order valence-electron chi connectivity index (χ0n) is 25.7. The van der Waals surface area contributed by atoms with Crippen LogP contribution >= 0.6 is 24.0 Å². The molecule has 0 aliphatic heterocycles. The number of carbonyl (C=O) groups excluding carboxylic acids is 1. The van der Waals surface area contributed by atoms with E-state index in [1.165, 1.54) is 102 Å². The summed E-state index contributed by atoms with van der Waals surface area (Å²) in [6.45, 7) is 12.0. The number of nitrogens with two attached hydrogens (primary N) is 1. The first-order valence-corrected chi connectivity index (χ1v) is 17.4. The summed E-state index contributed by atoms with van der Waals surface area (Å²) in [6, 6.07) is -0.167. The number of ether oxygens (including phenoxy) is 1. The number of nitrogens with one attached hydrogen (secondary N) is 1. The Bertz CT molecular complexity index is 643. The molecule has 1 saturated carbocycles. The molecule has 6 heteroatoms. The minimum Gasteiger partial charge on any atom is -0.485 e. The first kappa shape index (κ1) is 35.7. The molecule has 224 valence electrons. The summed E-state index contributed by atoms with van der Waals surface area (Å²) in [5.41, 5.74) is 6.64. The quantitative estimate of drug-likeness (QED) is 0.106. The van der Waals surface area contributed by atoms with Crippen LogP contribution < -0.4 is 11.1 Å². The minimum absolute atomic E-state index is 0.0956. The van der Waals surface area contributed by atoms with Gasteiger partial charge in [-0.3, -0.25) is 4.79 Å². The average molecular weight is 571 g/mol. The second-order valence-corrected chi connectivity index (χ2v) is 14.4. The summed E-state index contributed by atoms with van der Waals surface area (Å²) in [4.78, 5) is 12.7. The molecule has 0 bridgehead atoms. The summed E-state index contributed by atoms with van der Waals surface area (Å²) in [5, 5.41) is 3.97. The van der Waals surface area contributed by atoms with Gasteiger partial charge in [0.05, 0.1) is 12.6 Å². The Balaban J connectivity index is 2.36. The van der Waals surface area contributed by atoms with Crippen molar-refractivity contribution in [3.8, 4) is 0 Å². The number of unbranched alkanes of at least 4 members (excludes halogenated alkanes) is 14. The van der Waals surface area contributed by atoms with E-state index in [0.29, 0.717) is 11.7 Å². The molecule has 0 spiro atoms. The standard InChI is InChI=1S/C32H62N2O2S2/c1-6-8-10-12-14-16-18-20-22-36-29(37)28(33)32(5)25-27(24-31(3,4)26-32)34-30(35)38-23-21-19-17-15-13-11-9-7-2/h27-28H,6-26,33H2,1-5H3,(H,34,35). The number of thioether (sulfide) groups is 1. The van der Waals surface area contributed by atoms with E-state index in [9.17, 15) is 4.79 Å². The number of hydrogen-bond donors (Lipinski definition) is 2. The van der Waals surface area contributed by atoms with Crippen LogP contribution in [-0.4, -0.2) is 34.7 Å². The fraction of sp³-hybridized carbons (Fsp3) is 0.938. The van der Waals surface area contributed by atoms with Crippen molar-refractivity contribution in [3.63, 3.8) is 0 Å². The van der Waals surface area contributed by atoms with Crippen molar-refractivity contribution >= 4 is 34.3 Å². The summed E-state index contributed by atoms with van der Waals surface area (Å²) in [7, 11) is 0. The molecular formula is C32H62N2O2S2. The number of rotatable bonds is 21. The summed E-state index contributed by atoms with van der Waals surface area (Å²) in [5.74, 6) is 0.907. The molecule has 0 saturated heterocycles. The molecule has 1 fully saturated rings.